The fourth-order valence-corrected chi connectivity index (χ4v) is 4.07. The first-order valence-electron chi connectivity index (χ1n) is 10.7. The molecule has 3 rings (SSSR count). The van der Waals surface area contributed by atoms with E-state index in [1.807, 2.05) is 38.1 Å². The minimum atomic E-state index is -0.226. The van der Waals surface area contributed by atoms with Gasteiger partial charge in [0.05, 0.1) is 26.8 Å². The lowest BCUT2D eigenvalue weighted by molar-refractivity contribution is -0.122. The molecule has 7 heteroatoms. The third kappa shape index (κ3) is 5.88. The zero-order chi connectivity index (χ0) is 22.4. The van der Waals surface area contributed by atoms with Crippen molar-refractivity contribution in [2.75, 3.05) is 51.8 Å². The Morgan fingerprint density at radius 1 is 1.06 bits per heavy atom. The monoisotopic (exact) mass is 429 g/mol. The third-order valence-corrected chi connectivity index (χ3v) is 5.76. The Labute approximate surface area is 183 Å². The van der Waals surface area contributed by atoms with E-state index in [0.29, 0.717) is 18.0 Å². The van der Waals surface area contributed by atoms with Crippen LogP contribution in [0.2, 0.25) is 0 Å². The summed E-state index contributed by atoms with van der Waals surface area (Å²) in [6.07, 6.45) is 0.953. The van der Waals surface area contributed by atoms with Crippen molar-refractivity contribution in [3.8, 4) is 11.5 Å². The molecule has 1 heterocycles. The van der Waals surface area contributed by atoms with Crippen LogP contribution in [-0.4, -0.2) is 57.8 Å². The number of ether oxygens (including phenoxy) is 2. The summed E-state index contributed by atoms with van der Waals surface area (Å²) in [5.41, 5.74) is 3.06. The number of nitrogens with zero attached hydrogens (tertiary/aromatic N) is 2. The number of benzene rings is 2. The predicted octanol–water partition coefficient (Wildman–Crippen LogP) is 3.54. The average molecular weight is 430 g/mol. The van der Waals surface area contributed by atoms with E-state index in [1.165, 1.54) is 12.1 Å². The summed E-state index contributed by atoms with van der Waals surface area (Å²) in [5.74, 6) is 1.10. The second-order valence-electron chi connectivity index (χ2n) is 7.95. The molecule has 1 amide bonds. The van der Waals surface area contributed by atoms with Gasteiger partial charge in [-0.05, 0) is 67.8 Å². The minimum absolute atomic E-state index is 0.00285. The van der Waals surface area contributed by atoms with Gasteiger partial charge in [-0.25, -0.2) is 4.39 Å². The summed E-state index contributed by atoms with van der Waals surface area (Å²) >= 11 is 0. The molecule has 1 N–H and O–H groups in total. The van der Waals surface area contributed by atoms with Gasteiger partial charge in [0.2, 0.25) is 5.91 Å². The summed E-state index contributed by atoms with van der Waals surface area (Å²) in [4.78, 5) is 17.1. The van der Waals surface area contributed by atoms with E-state index >= 15 is 0 Å². The topological polar surface area (TPSA) is 54.0 Å². The van der Waals surface area contributed by atoms with E-state index in [1.54, 1.807) is 14.2 Å². The van der Waals surface area contributed by atoms with E-state index in [9.17, 15) is 9.18 Å². The molecular weight excluding hydrogens is 397 g/mol. The van der Waals surface area contributed by atoms with E-state index in [-0.39, 0.29) is 17.8 Å². The number of rotatable bonds is 7. The van der Waals surface area contributed by atoms with Gasteiger partial charge in [-0.1, -0.05) is 0 Å². The zero-order valence-corrected chi connectivity index (χ0v) is 18.8. The Balaban J connectivity index is 1.56. The van der Waals surface area contributed by atoms with Crippen molar-refractivity contribution in [3.05, 3.63) is 53.3 Å². The molecule has 2 aromatic carbocycles. The van der Waals surface area contributed by atoms with E-state index in [2.05, 4.69) is 15.1 Å². The summed E-state index contributed by atoms with van der Waals surface area (Å²) in [7, 11) is 3.22. The molecule has 0 saturated carbocycles. The van der Waals surface area contributed by atoms with E-state index in [0.717, 1.165) is 49.4 Å². The Hall–Kier alpha value is -2.80. The number of carbonyl (C=O) groups is 1. The van der Waals surface area contributed by atoms with Crippen LogP contribution in [0.25, 0.3) is 0 Å². The van der Waals surface area contributed by atoms with Crippen molar-refractivity contribution in [2.45, 2.75) is 26.3 Å². The second-order valence-corrected chi connectivity index (χ2v) is 7.95. The zero-order valence-electron chi connectivity index (χ0n) is 18.8. The first-order chi connectivity index (χ1) is 14.9. The third-order valence-electron chi connectivity index (χ3n) is 5.76. The molecule has 1 aliphatic heterocycles. The van der Waals surface area contributed by atoms with Crippen LogP contribution in [0.1, 0.15) is 30.5 Å². The van der Waals surface area contributed by atoms with Gasteiger partial charge < -0.3 is 19.7 Å². The molecule has 0 bridgehead atoms. The molecule has 1 atom stereocenters. The van der Waals surface area contributed by atoms with Gasteiger partial charge in [0, 0.05) is 31.9 Å². The lowest BCUT2D eigenvalue weighted by atomic mass is 10.0. The van der Waals surface area contributed by atoms with Gasteiger partial charge in [-0.3, -0.25) is 9.69 Å². The molecule has 31 heavy (non-hydrogen) atoms. The Kier molecular flexibility index (Phi) is 7.74. The maximum Gasteiger partial charge on any atom is 0.234 e. The van der Waals surface area contributed by atoms with Gasteiger partial charge in [0.25, 0.3) is 0 Å². The van der Waals surface area contributed by atoms with Gasteiger partial charge in [-0.15, -0.1) is 0 Å². The molecule has 1 unspecified atom stereocenters. The van der Waals surface area contributed by atoms with Crippen LogP contribution in [0.15, 0.2) is 36.4 Å². The normalized spacial score (nSPS) is 15.8. The van der Waals surface area contributed by atoms with Gasteiger partial charge in [0.15, 0.2) is 11.5 Å². The van der Waals surface area contributed by atoms with Gasteiger partial charge in [-0.2, -0.15) is 0 Å². The molecule has 0 spiro atoms. The molecule has 2 aromatic rings. The number of amides is 1. The molecule has 168 valence electrons. The highest BCUT2D eigenvalue weighted by molar-refractivity contribution is 5.78. The number of halogens is 1. The molecule has 0 aromatic heterocycles. The SMILES string of the molecule is COc1cc(C)c(C(C)NC(=O)CN2CCCN(c3ccc(F)cc3)CC2)cc1OC. The number of carbonyl (C=O) groups excluding carboxylic acids is 1. The summed E-state index contributed by atoms with van der Waals surface area (Å²) in [6.45, 7) is 7.68. The fraction of sp³-hybridized carbons (Fsp3) is 0.458. The van der Waals surface area contributed by atoms with Crippen LogP contribution >= 0.6 is 0 Å². The van der Waals surface area contributed by atoms with Gasteiger partial charge in [0.1, 0.15) is 5.82 Å². The summed E-state index contributed by atoms with van der Waals surface area (Å²) < 4.78 is 23.9. The van der Waals surface area contributed by atoms with Crippen LogP contribution in [0.5, 0.6) is 11.5 Å². The Morgan fingerprint density at radius 2 is 1.74 bits per heavy atom. The van der Waals surface area contributed by atoms with Crippen molar-refractivity contribution in [2.24, 2.45) is 0 Å². The molecule has 0 radical (unpaired) electrons. The largest absolute Gasteiger partial charge is 0.493 e. The maximum absolute atomic E-state index is 13.2. The highest BCUT2D eigenvalue weighted by atomic mass is 19.1. The van der Waals surface area contributed by atoms with Crippen molar-refractivity contribution in [1.82, 2.24) is 10.2 Å². The van der Waals surface area contributed by atoms with Crippen LogP contribution < -0.4 is 19.7 Å². The van der Waals surface area contributed by atoms with E-state index < -0.39 is 0 Å². The van der Waals surface area contributed by atoms with Crippen LogP contribution in [-0.2, 0) is 4.79 Å². The maximum atomic E-state index is 13.2. The number of hydrogen-bond acceptors (Lipinski definition) is 5. The molecule has 6 nitrogen and oxygen atoms in total. The quantitative estimate of drug-likeness (QED) is 0.730. The molecule has 1 saturated heterocycles. The van der Waals surface area contributed by atoms with Crippen molar-refractivity contribution >= 4 is 11.6 Å². The fourth-order valence-electron chi connectivity index (χ4n) is 4.07. The average Bonchev–Trinajstić information content (AvgIpc) is 2.99. The standard InChI is InChI=1S/C24H32FN3O3/c1-17-14-22(30-3)23(31-4)15-21(17)18(2)26-24(29)16-27-10-5-11-28(13-12-27)20-8-6-19(25)7-9-20/h6-9,14-15,18H,5,10-13,16H2,1-4H3,(H,26,29). The van der Waals surface area contributed by atoms with Crippen LogP contribution in [0.4, 0.5) is 10.1 Å². The molecule has 1 aliphatic rings. The molecular formula is C24H32FN3O3. The second kappa shape index (κ2) is 10.5. The van der Waals surface area contributed by atoms with Gasteiger partial charge >= 0.3 is 0 Å². The first-order valence-corrected chi connectivity index (χ1v) is 10.7. The van der Waals surface area contributed by atoms with E-state index in [4.69, 9.17) is 9.47 Å². The van der Waals surface area contributed by atoms with Crippen molar-refractivity contribution < 1.29 is 18.7 Å². The number of nitrogens with one attached hydrogen (secondary N) is 1. The lowest BCUT2D eigenvalue weighted by Crippen LogP contribution is -2.40. The number of aryl methyl sites for hydroxylation is 1. The number of anilines is 1. The van der Waals surface area contributed by atoms with Crippen molar-refractivity contribution in [3.63, 3.8) is 0 Å². The highest BCUT2D eigenvalue weighted by Gasteiger charge is 2.20. The number of methoxy groups -OCH3 is 2. The van der Waals surface area contributed by atoms with Crippen LogP contribution in [0.3, 0.4) is 0 Å². The smallest absolute Gasteiger partial charge is 0.234 e. The molecule has 1 fully saturated rings. The number of hydrogen-bond donors (Lipinski definition) is 1. The minimum Gasteiger partial charge on any atom is -0.493 e. The molecule has 0 aliphatic carbocycles. The highest BCUT2D eigenvalue weighted by Crippen LogP contribution is 2.32. The predicted molar refractivity (Wildman–Crippen MR) is 121 cm³/mol. The lowest BCUT2D eigenvalue weighted by Gasteiger charge is -2.24. The Bertz CT molecular complexity index is 888. The summed E-state index contributed by atoms with van der Waals surface area (Å²) in [5, 5.41) is 3.11. The van der Waals surface area contributed by atoms with Crippen LogP contribution in [0, 0.1) is 12.7 Å². The Morgan fingerprint density at radius 3 is 2.42 bits per heavy atom. The summed E-state index contributed by atoms with van der Waals surface area (Å²) in [6, 6.07) is 10.3. The van der Waals surface area contributed by atoms with Crippen molar-refractivity contribution in [1.29, 1.82) is 0 Å². The first kappa shape index (κ1) is 22.9.